The van der Waals surface area contributed by atoms with Crippen LogP contribution in [0.1, 0.15) is 24.4 Å². The second-order valence-electron chi connectivity index (χ2n) is 6.83. The Balaban J connectivity index is 1.91. The number of hydrogen-bond donors (Lipinski definition) is 1. The smallest absolute Gasteiger partial charge is 0.244 e. The van der Waals surface area contributed by atoms with Crippen molar-refractivity contribution in [3.63, 3.8) is 0 Å². The van der Waals surface area contributed by atoms with Crippen molar-refractivity contribution in [2.24, 2.45) is 0 Å². The molecule has 0 spiro atoms. The highest BCUT2D eigenvalue weighted by molar-refractivity contribution is 7.89. The molecule has 0 bridgehead atoms. The molecule has 2 aromatic carbocycles. The summed E-state index contributed by atoms with van der Waals surface area (Å²) in [6.07, 6.45) is 0. The Morgan fingerprint density at radius 3 is 2.46 bits per heavy atom. The average Bonchev–Trinajstić information content (AvgIpc) is 2.95. The lowest BCUT2D eigenvalue weighted by Gasteiger charge is -2.25. The number of rotatable bonds is 6. The zero-order valence-corrected chi connectivity index (χ0v) is 17.9. The highest BCUT2D eigenvalue weighted by Crippen LogP contribution is 2.27. The molecule has 3 aromatic rings. The van der Waals surface area contributed by atoms with Crippen molar-refractivity contribution in [2.75, 3.05) is 11.9 Å². The number of amides is 1. The van der Waals surface area contributed by atoms with Crippen LogP contribution in [0.25, 0.3) is 10.8 Å². The van der Waals surface area contributed by atoms with E-state index >= 15 is 0 Å². The number of aryl methyl sites for hydroxylation is 2. The van der Waals surface area contributed by atoms with Crippen LogP contribution in [0.2, 0.25) is 0 Å². The van der Waals surface area contributed by atoms with Gasteiger partial charge in [-0.3, -0.25) is 4.79 Å². The van der Waals surface area contributed by atoms with Crippen LogP contribution in [0.4, 0.5) is 5.13 Å². The van der Waals surface area contributed by atoms with E-state index in [0.29, 0.717) is 10.5 Å². The summed E-state index contributed by atoms with van der Waals surface area (Å²) in [6.45, 7) is 7.03. The Morgan fingerprint density at radius 1 is 1.14 bits per heavy atom. The normalized spacial score (nSPS) is 12.1. The number of sulfonamides is 1. The number of aromatic nitrogens is 1. The number of anilines is 1. The van der Waals surface area contributed by atoms with Crippen LogP contribution in [0.15, 0.2) is 47.4 Å². The van der Waals surface area contributed by atoms with Crippen LogP contribution in [-0.2, 0) is 14.8 Å². The molecule has 0 aliphatic carbocycles. The lowest BCUT2D eigenvalue weighted by molar-refractivity contribution is -0.116. The van der Waals surface area contributed by atoms with Crippen molar-refractivity contribution in [2.45, 2.75) is 38.6 Å². The molecule has 0 aliphatic rings. The predicted molar refractivity (Wildman–Crippen MR) is 113 cm³/mol. The molecule has 1 amide bonds. The largest absolute Gasteiger partial charge is 0.301 e. The topological polar surface area (TPSA) is 79.4 Å². The summed E-state index contributed by atoms with van der Waals surface area (Å²) in [5.74, 6) is -0.411. The zero-order valence-electron chi connectivity index (χ0n) is 16.3. The molecule has 8 heteroatoms. The molecular formula is C20H23N3O3S2. The molecule has 1 N–H and O–H groups in total. The third-order valence-electron chi connectivity index (χ3n) is 4.49. The number of nitrogens with one attached hydrogen (secondary N) is 1. The number of fused-ring (bicyclic) bond motifs is 1. The molecule has 6 nitrogen and oxygen atoms in total. The van der Waals surface area contributed by atoms with Gasteiger partial charge in [0.1, 0.15) is 0 Å². The van der Waals surface area contributed by atoms with Crippen LogP contribution < -0.4 is 5.32 Å². The highest BCUT2D eigenvalue weighted by Gasteiger charge is 2.30. The summed E-state index contributed by atoms with van der Waals surface area (Å²) < 4.78 is 28.0. The maximum atomic E-state index is 13.4. The van der Waals surface area contributed by atoms with Crippen LogP contribution in [0.5, 0.6) is 0 Å². The molecule has 3 rings (SSSR count). The number of hydrogen-bond acceptors (Lipinski definition) is 5. The van der Waals surface area contributed by atoms with Gasteiger partial charge in [-0.1, -0.05) is 36.4 Å². The minimum atomic E-state index is -3.86. The summed E-state index contributed by atoms with van der Waals surface area (Å²) in [4.78, 5) is 18.0. The minimum absolute atomic E-state index is 0.202. The van der Waals surface area contributed by atoms with Crippen molar-refractivity contribution in [1.29, 1.82) is 0 Å². The van der Waals surface area contributed by atoms with Gasteiger partial charge in [-0.25, -0.2) is 13.4 Å². The third-order valence-corrected chi connectivity index (χ3v) is 7.55. The van der Waals surface area contributed by atoms with Gasteiger partial charge in [-0.05, 0) is 39.1 Å². The van der Waals surface area contributed by atoms with Crippen LogP contribution in [0, 0.1) is 13.8 Å². The van der Waals surface area contributed by atoms with Gasteiger partial charge in [0.15, 0.2) is 5.13 Å². The van der Waals surface area contributed by atoms with E-state index in [0.717, 1.165) is 16.0 Å². The van der Waals surface area contributed by atoms with E-state index in [2.05, 4.69) is 10.3 Å². The fourth-order valence-electron chi connectivity index (χ4n) is 2.92. The molecule has 1 heterocycles. The fraction of sp³-hybridized carbons (Fsp3) is 0.300. The Kier molecular flexibility index (Phi) is 5.83. The first-order chi connectivity index (χ1) is 13.2. The Labute approximate surface area is 169 Å². The van der Waals surface area contributed by atoms with Crippen LogP contribution in [0.3, 0.4) is 0 Å². The number of nitrogens with zero attached hydrogens (tertiary/aromatic N) is 2. The van der Waals surface area contributed by atoms with Gasteiger partial charge < -0.3 is 5.32 Å². The first-order valence-corrected chi connectivity index (χ1v) is 11.2. The number of carbonyl (C=O) groups excluding carboxylic acids is 1. The van der Waals surface area contributed by atoms with Crippen LogP contribution >= 0.6 is 11.3 Å². The Morgan fingerprint density at radius 2 is 1.82 bits per heavy atom. The molecule has 0 saturated heterocycles. The molecule has 0 saturated carbocycles. The Hall–Kier alpha value is -2.29. The monoisotopic (exact) mass is 417 g/mol. The fourth-order valence-corrected chi connectivity index (χ4v) is 5.56. The van der Waals surface area contributed by atoms with E-state index in [-0.39, 0.29) is 17.5 Å². The molecule has 0 fully saturated rings. The van der Waals surface area contributed by atoms with Crippen molar-refractivity contribution in [3.05, 3.63) is 53.0 Å². The van der Waals surface area contributed by atoms with Gasteiger partial charge in [0.2, 0.25) is 15.9 Å². The summed E-state index contributed by atoms with van der Waals surface area (Å²) in [6, 6.07) is 12.1. The molecule has 28 heavy (non-hydrogen) atoms. The van der Waals surface area contributed by atoms with Gasteiger partial charge in [0, 0.05) is 16.3 Å². The molecule has 0 unspecified atom stereocenters. The van der Waals surface area contributed by atoms with Gasteiger partial charge in [-0.2, -0.15) is 4.31 Å². The van der Waals surface area contributed by atoms with Gasteiger partial charge in [0.05, 0.1) is 17.1 Å². The van der Waals surface area contributed by atoms with E-state index in [1.807, 2.05) is 32.0 Å². The maximum absolute atomic E-state index is 13.4. The average molecular weight is 418 g/mol. The summed E-state index contributed by atoms with van der Waals surface area (Å²) in [5, 5.41) is 4.67. The van der Waals surface area contributed by atoms with Crippen LogP contribution in [-0.4, -0.2) is 36.2 Å². The molecule has 0 atom stereocenters. The van der Waals surface area contributed by atoms with Crippen molar-refractivity contribution >= 4 is 43.2 Å². The van der Waals surface area contributed by atoms with Crippen molar-refractivity contribution in [3.8, 4) is 0 Å². The first kappa shape index (κ1) is 20.4. The number of thiazole rings is 1. The van der Waals surface area contributed by atoms with Gasteiger partial charge in [0.25, 0.3) is 0 Å². The van der Waals surface area contributed by atoms with E-state index in [1.165, 1.54) is 15.6 Å². The molecule has 0 aliphatic heterocycles. The lowest BCUT2D eigenvalue weighted by atomic mass is 10.1. The van der Waals surface area contributed by atoms with Crippen molar-refractivity contribution < 1.29 is 13.2 Å². The predicted octanol–water partition coefficient (Wildman–Crippen LogP) is 3.95. The molecule has 148 valence electrons. The molecular weight excluding hydrogens is 394 g/mol. The zero-order chi connectivity index (χ0) is 20.5. The van der Waals surface area contributed by atoms with Gasteiger partial charge in [-0.15, -0.1) is 11.3 Å². The summed E-state index contributed by atoms with van der Waals surface area (Å²) >= 11 is 1.37. The quantitative estimate of drug-likeness (QED) is 0.659. The molecule has 1 aromatic heterocycles. The summed E-state index contributed by atoms with van der Waals surface area (Å²) in [7, 11) is -3.86. The van der Waals surface area contributed by atoms with E-state index in [9.17, 15) is 13.2 Å². The van der Waals surface area contributed by atoms with E-state index in [1.54, 1.807) is 38.1 Å². The second-order valence-corrected chi connectivity index (χ2v) is 9.89. The minimum Gasteiger partial charge on any atom is -0.301 e. The number of benzene rings is 2. The van der Waals surface area contributed by atoms with Crippen molar-refractivity contribution in [1.82, 2.24) is 9.29 Å². The molecule has 0 radical (unpaired) electrons. The standard InChI is InChI=1S/C20H23N3O3S2/c1-13(2)23(12-19(24)22-20-21-14(3)15(4)27-20)28(25,26)18-11-7-9-16-8-5-6-10-17(16)18/h5-11,13H,12H2,1-4H3,(H,21,22,24). The van der Waals surface area contributed by atoms with E-state index < -0.39 is 15.9 Å². The van der Waals surface area contributed by atoms with E-state index in [4.69, 9.17) is 0 Å². The number of carbonyl (C=O) groups is 1. The SMILES string of the molecule is Cc1nc(NC(=O)CN(C(C)C)S(=O)(=O)c2cccc3ccccc23)sc1C. The second kappa shape index (κ2) is 7.98. The van der Waals surface area contributed by atoms with Gasteiger partial charge >= 0.3 is 0 Å². The summed E-state index contributed by atoms with van der Waals surface area (Å²) in [5.41, 5.74) is 0.851. The third kappa shape index (κ3) is 4.09. The first-order valence-electron chi connectivity index (χ1n) is 8.93. The maximum Gasteiger partial charge on any atom is 0.244 e. The Bertz CT molecular complexity index is 1100. The highest BCUT2D eigenvalue weighted by atomic mass is 32.2. The lowest BCUT2D eigenvalue weighted by Crippen LogP contribution is -2.42.